The van der Waals surface area contributed by atoms with Gasteiger partial charge in [-0.1, -0.05) is 17.7 Å². The summed E-state index contributed by atoms with van der Waals surface area (Å²) in [5, 5.41) is 3.66. The minimum absolute atomic E-state index is 0.110. The third-order valence-corrected chi connectivity index (χ3v) is 4.71. The lowest BCUT2D eigenvalue weighted by Crippen LogP contribution is -2.31. The Morgan fingerprint density at radius 3 is 2.57 bits per heavy atom. The van der Waals surface area contributed by atoms with E-state index in [-0.39, 0.29) is 11.1 Å². The highest BCUT2D eigenvalue weighted by Crippen LogP contribution is 2.24. The van der Waals surface area contributed by atoms with Gasteiger partial charge in [0, 0.05) is 12.6 Å². The second-order valence-corrected chi connectivity index (χ2v) is 6.74. The second kappa shape index (κ2) is 8.17. The highest BCUT2D eigenvalue weighted by Gasteiger charge is 2.13. The Kier molecular flexibility index (Phi) is 5.68. The fraction of sp³-hybridized carbons (Fsp3) is 0.273. The van der Waals surface area contributed by atoms with Gasteiger partial charge in [-0.05, 0) is 55.0 Å². The first-order chi connectivity index (χ1) is 13.4. The van der Waals surface area contributed by atoms with Gasteiger partial charge < -0.3 is 19.8 Å². The van der Waals surface area contributed by atoms with Crippen molar-refractivity contribution in [1.29, 1.82) is 0 Å². The maximum Gasteiger partial charge on any atom is 0.261 e. The molecule has 0 bridgehead atoms. The highest BCUT2D eigenvalue weighted by molar-refractivity contribution is 5.97. The fourth-order valence-corrected chi connectivity index (χ4v) is 3.32. The number of hydrogen-bond donors (Lipinski definition) is 2. The lowest BCUT2D eigenvalue weighted by molar-refractivity contribution is 0.0952. The third-order valence-electron chi connectivity index (χ3n) is 4.71. The average Bonchev–Trinajstić information content (AvgIpc) is 2.68. The summed E-state index contributed by atoms with van der Waals surface area (Å²) in [5.41, 5.74) is 3.48. The Hall–Kier alpha value is -3.28. The summed E-state index contributed by atoms with van der Waals surface area (Å²) < 4.78 is 10.6. The molecule has 0 aliphatic heterocycles. The van der Waals surface area contributed by atoms with Crippen molar-refractivity contribution >= 4 is 16.8 Å². The standard InChI is InChI=1S/C22H24N2O4/c1-13-9-14(2)20-16(10-13)11-18(22(26)24-20)21(25)23-8-7-15-5-6-17(27-3)12-19(15)28-4/h5-6,9-12H,7-8H2,1-4H3,(H,23,25)(H,24,26). The zero-order valence-corrected chi connectivity index (χ0v) is 16.5. The van der Waals surface area contributed by atoms with E-state index in [1.807, 2.05) is 38.1 Å². The Bertz CT molecular complexity index is 1090. The van der Waals surface area contributed by atoms with E-state index < -0.39 is 5.91 Å². The molecular formula is C22H24N2O4. The molecule has 1 amide bonds. The maximum absolute atomic E-state index is 12.5. The summed E-state index contributed by atoms with van der Waals surface area (Å²) in [6.45, 7) is 4.30. The van der Waals surface area contributed by atoms with Crippen LogP contribution in [0.2, 0.25) is 0 Å². The molecule has 0 aliphatic carbocycles. The number of carbonyl (C=O) groups excluding carboxylic acids is 1. The molecule has 0 saturated carbocycles. The highest BCUT2D eigenvalue weighted by atomic mass is 16.5. The third kappa shape index (κ3) is 4.01. The van der Waals surface area contributed by atoms with E-state index in [9.17, 15) is 9.59 Å². The lowest BCUT2D eigenvalue weighted by atomic mass is 10.0. The number of H-pyrrole nitrogens is 1. The molecule has 6 nitrogen and oxygen atoms in total. The Labute approximate surface area is 163 Å². The number of methoxy groups -OCH3 is 2. The Balaban J connectivity index is 1.75. The van der Waals surface area contributed by atoms with E-state index in [1.165, 1.54) is 0 Å². The Morgan fingerprint density at radius 2 is 1.86 bits per heavy atom. The number of aromatic nitrogens is 1. The summed E-state index contributed by atoms with van der Waals surface area (Å²) in [6, 6.07) is 11.2. The quantitative estimate of drug-likeness (QED) is 0.688. The molecule has 28 heavy (non-hydrogen) atoms. The number of pyridine rings is 1. The zero-order chi connectivity index (χ0) is 20.3. The predicted molar refractivity (Wildman–Crippen MR) is 110 cm³/mol. The minimum atomic E-state index is -0.394. The molecule has 2 aromatic carbocycles. The van der Waals surface area contributed by atoms with E-state index >= 15 is 0 Å². The SMILES string of the molecule is COc1ccc(CCNC(=O)c2cc3cc(C)cc(C)c3[nH]c2=O)c(OC)c1. The van der Waals surface area contributed by atoms with Gasteiger partial charge in [0.25, 0.3) is 11.5 Å². The number of fused-ring (bicyclic) bond motifs is 1. The molecule has 0 unspecified atom stereocenters. The maximum atomic E-state index is 12.5. The van der Waals surface area contributed by atoms with Crippen LogP contribution in [0.4, 0.5) is 0 Å². The van der Waals surface area contributed by atoms with Gasteiger partial charge in [0.15, 0.2) is 0 Å². The van der Waals surface area contributed by atoms with Crippen LogP contribution in [-0.2, 0) is 6.42 Å². The zero-order valence-electron chi connectivity index (χ0n) is 16.5. The van der Waals surface area contributed by atoms with Crippen molar-refractivity contribution in [2.75, 3.05) is 20.8 Å². The number of rotatable bonds is 6. The van der Waals surface area contributed by atoms with Crippen LogP contribution in [0, 0.1) is 13.8 Å². The van der Waals surface area contributed by atoms with E-state index in [4.69, 9.17) is 9.47 Å². The van der Waals surface area contributed by atoms with Gasteiger partial charge in [0.2, 0.25) is 0 Å². The fourth-order valence-electron chi connectivity index (χ4n) is 3.32. The van der Waals surface area contributed by atoms with Gasteiger partial charge in [0.05, 0.1) is 19.7 Å². The van der Waals surface area contributed by atoms with Crippen molar-refractivity contribution in [2.24, 2.45) is 0 Å². The van der Waals surface area contributed by atoms with E-state index in [1.54, 1.807) is 26.4 Å². The van der Waals surface area contributed by atoms with Crippen LogP contribution in [0.3, 0.4) is 0 Å². The van der Waals surface area contributed by atoms with Gasteiger partial charge in [-0.15, -0.1) is 0 Å². The van der Waals surface area contributed by atoms with E-state index in [0.717, 1.165) is 27.6 Å². The number of aromatic amines is 1. The number of aryl methyl sites for hydroxylation is 2. The van der Waals surface area contributed by atoms with Crippen LogP contribution < -0.4 is 20.3 Å². The monoisotopic (exact) mass is 380 g/mol. The summed E-state index contributed by atoms with van der Waals surface area (Å²) in [7, 11) is 3.19. The molecule has 1 aromatic heterocycles. The summed E-state index contributed by atoms with van der Waals surface area (Å²) in [6.07, 6.45) is 0.572. The van der Waals surface area contributed by atoms with Crippen LogP contribution in [0.25, 0.3) is 10.9 Å². The van der Waals surface area contributed by atoms with Gasteiger partial charge >= 0.3 is 0 Å². The predicted octanol–water partition coefficient (Wildman–Crippen LogP) is 3.13. The van der Waals surface area contributed by atoms with Crippen LogP contribution in [-0.4, -0.2) is 31.7 Å². The molecule has 3 rings (SSSR count). The number of nitrogens with one attached hydrogen (secondary N) is 2. The lowest BCUT2D eigenvalue weighted by Gasteiger charge is -2.11. The van der Waals surface area contributed by atoms with E-state index in [2.05, 4.69) is 10.3 Å². The number of benzene rings is 2. The molecule has 2 N–H and O–H groups in total. The van der Waals surface area contributed by atoms with Crippen LogP contribution >= 0.6 is 0 Å². The van der Waals surface area contributed by atoms with E-state index in [0.29, 0.717) is 24.5 Å². The summed E-state index contributed by atoms with van der Waals surface area (Å²) in [5.74, 6) is 1.01. The van der Waals surface area contributed by atoms with Gasteiger partial charge in [0.1, 0.15) is 17.1 Å². The molecule has 1 heterocycles. The van der Waals surface area contributed by atoms with Crippen LogP contribution in [0.1, 0.15) is 27.0 Å². The summed E-state index contributed by atoms with van der Waals surface area (Å²) in [4.78, 5) is 27.7. The van der Waals surface area contributed by atoms with Crippen molar-refractivity contribution in [3.63, 3.8) is 0 Å². The molecule has 0 fully saturated rings. The minimum Gasteiger partial charge on any atom is -0.497 e. The molecule has 3 aromatic rings. The molecule has 0 radical (unpaired) electrons. The number of carbonyl (C=O) groups is 1. The molecule has 146 valence electrons. The number of ether oxygens (including phenoxy) is 2. The molecule has 0 aliphatic rings. The molecule has 0 atom stereocenters. The molecular weight excluding hydrogens is 356 g/mol. The number of amides is 1. The van der Waals surface area contributed by atoms with Crippen molar-refractivity contribution in [2.45, 2.75) is 20.3 Å². The number of hydrogen-bond acceptors (Lipinski definition) is 4. The molecule has 6 heteroatoms. The summed E-state index contributed by atoms with van der Waals surface area (Å²) >= 11 is 0. The Morgan fingerprint density at radius 1 is 1.07 bits per heavy atom. The van der Waals surface area contributed by atoms with Crippen LogP contribution in [0.15, 0.2) is 41.2 Å². The van der Waals surface area contributed by atoms with Gasteiger partial charge in [-0.2, -0.15) is 0 Å². The largest absolute Gasteiger partial charge is 0.497 e. The molecule has 0 spiro atoms. The van der Waals surface area contributed by atoms with Crippen molar-refractivity contribution in [3.05, 3.63) is 69.0 Å². The van der Waals surface area contributed by atoms with Gasteiger partial charge in [-0.3, -0.25) is 9.59 Å². The second-order valence-electron chi connectivity index (χ2n) is 6.74. The average molecular weight is 380 g/mol. The normalized spacial score (nSPS) is 10.7. The van der Waals surface area contributed by atoms with Crippen molar-refractivity contribution in [1.82, 2.24) is 10.3 Å². The first kappa shape index (κ1) is 19.5. The van der Waals surface area contributed by atoms with Gasteiger partial charge in [-0.25, -0.2) is 0 Å². The van der Waals surface area contributed by atoms with Crippen molar-refractivity contribution < 1.29 is 14.3 Å². The first-order valence-corrected chi connectivity index (χ1v) is 9.06. The van der Waals surface area contributed by atoms with Crippen molar-refractivity contribution in [3.8, 4) is 11.5 Å². The smallest absolute Gasteiger partial charge is 0.261 e. The first-order valence-electron chi connectivity index (χ1n) is 9.06. The molecule has 0 saturated heterocycles. The topological polar surface area (TPSA) is 80.4 Å². The van der Waals surface area contributed by atoms with Crippen LogP contribution in [0.5, 0.6) is 11.5 Å².